The average molecular weight is 325 g/mol. The van der Waals surface area contributed by atoms with Crippen molar-refractivity contribution in [2.75, 3.05) is 29.9 Å². The molecule has 1 saturated heterocycles. The Bertz CT molecular complexity index is 770. The summed E-state index contributed by atoms with van der Waals surface area (Å²) in [7, 11) is 2.00. The van der Waals surface area contributed by atoms with Gasteiger partial charge in [0, 0.05) is 38.1 Å². The molecule has 6 heteroatoms. The summed E-state index contributed by atoms with van der Waals surface area (Å²) in [5.74, 6) is 0.329. The maximum absolute atomic E-state index is 13.4. The van der Waals surface area contributed by atoms with Gasteiger partial charge in [-0.2, -0.15) is 5.26 Å². The first-order valence-corrected chi connectivity index (χ1v) is 8.05. The van der Waals surface area contributed by atoms with Crippen molar-refractivity contribution in [2.45, 2.75) is 25.8 Å². The fourth-order valence-electron chi connectivity index (χ4n) is 3.13. The first-order chi connectivity index (χ1) is 11.6. The fraction of sp³-hybridized carbons (Fsp3) is 0.389. The van der Waals surface area contributed by atoms with Crippen LogP contribution in [0.2, 0.25) is 0 Å². The average Bonchev–Trinajstić information content (AvgIpc) is 2.61. The van der Waals surface area contributed by atoms with Crippen molar-refractivity contribution in [3.8, 4) is 6.07 Å². The summed E-state index contributed by atoms with van der Waals surface area (Å²) in [5, 5.41) is 9.28. The number of nitriles is 1. The molecular weight excluding hydrogens is 305 g/mol. The van der Waals surface area contributed by atoms with Crippen LogP contribution >= 0.6 is 0 Å². The van der Waals surface area contributed by atoms with Crippen LogP contribution < -0.4 is 9.80 Å². The summed E-state index contributed by atoms with van der Waals surface area (Å²) in [6, 6.07) is 8.62. The summed E-state index contributed by atoms with van der Waals surface area (Å²) in [6.07, 6.45) is 3.80. The number of hydrogen-bond acceptors (Lipinski definition) is 5. The molecule has 0 saturated carbocycles. The molecule has 1 aliphatic heterocycles. The van der Waals surface area contributed by atoms with Gasteiger partial charge in [0.05, 0.1) is 11.3 Å². The number of nitrogens with zero attached hydrogens (tertiary/aromatic N) is 5. The van der Waals surface area contributed by atoms with E-state index in [0.29, 0.717) is 11.5 Å². The highest BCUT2D eigenvalue weighted by molar-refractivity contribution is 5.60. The minimum Gasteiger partial charge on any atom is -0.368 e. The van der Waals surface area contributed by atoms with Gasteiger partial charge in [-0.3, -0.25) is 0 Å². The molecule has 1 aromatic carbocycles. The van der Waals surface area contributed by atoms with E-state index in [0.717, 1.165) is 37.3 Å². The monoisotopic (exact) mass is 325 g/mol. The van der Waals surface area contributed by atoms with E-state index >= 15 is 0 Å². The van der Waals surface area contributed by atoms with E-state index in [2.05, 4.69) is 25.8 Å². The number of aromatic nitrogens is 2. The Labute approximate surface area is 141 Å². The van der Waals surface area contributed by atoms with Gasteiger partial charge in [-0.25, -0.2) is 14.4 Å². The number of likely N-dealkylation sites (N-methyl/N-ethyl adjacent to an activating group) is 1. The van der Waals surface area contributed by atoms with E-state index in [-0.39, 0.29) is 11.9 Å². The molecule has 0 radical (unpaired) electrons. The van der Waals surface area contributed by atoms with E-state index in [1.54, 1.807) is 12.3 Å². The van der Waals surface area contributed by atoms with Crippen LogP contribution in [0, 0.1) is 24.1 Å². The van der Waals surface area contributed by atoms with Crippen molar-refractivity contribution >= 4 is 11.6 Å². The lowest BCUT2D eigenvalue weighted by molar-refractivity contribution is 0.482. The highest BCUT2D eigenvalue weighted by atomic mass is 19.1. The first kappa shape index (κ1) is 16.2. The van der Waals surface area contributed by atoms with Gasteiger partial charge in [0.1, 0.15) is 11.9 Å². The molecule has 1 atom stereocenters. The number of rotatable bonds is 3. The van der Waals surface area contributed by atoms with Crippen LogP contribution in [0.4, 0.5) is 16.0 Å². The molecule has 1 aliphatic rings. The van der Waals surface area contributed by atoms with Crippen molar-refractivity contribution in [3.63, 3.8) is 0 Å². The second-order valence-corrected chi connectivity index (χ2v) is 6.12. The van der Waals surface area contributed by atoms with Gasteiger partial charge in [0.15, 0.2) is 0 Å². The van der Waals surface area contributed by atoms with Crippen LogP contribution in [0.3, 0.4) is 0 Å². The quantitative estimate of drug-likeness (QED) is 0.868. The zero-order valence-corrected chi connectivity index (χ0v) is 13.9. The molecule has 0 amide bonds. The molecule has 1 unspecified atom stereocenters. The van der Waals surface area contributed by atoms with Crippen LogP contribution in [0.25, 0.3) is 0 Å². The zero-order chi connectivity index (χ0) is 17.1. The van der Waals surface area contributed by atoms with E-state index in [1.807, 2.05) is 20.0 Å². The smallest absolute Gasteiger partial charge is 0.225 e. The second-order valence-electron chi connectivity index (χ2n) is 6.12. The Morgan fingerprint density at radius 3 is 2.96 bits per heavy atom. The maximum atomic E-state index is 13.4. The lowest BCUT2D eigenvalue weighted by atomic mass is 10.0. The van der Waals surface area contributed by atoms with Gasteiger partial charge in [0.25, 0.3) is 0 Å². The Hall–Kier alpha value is -2.68. The van der Waals surface area contributed by atoms with Crippen molar-refractivity contribution in [3.05, 3.63) is 47.5 Å². The van der Waals surface area contributed by atoms with Crippen LogP contribution in [0.15, 0.2) is 30.5 Å². The van der Waals surface area contributed by atoms with Crippen LogP contribution in [0.5, 0.6) is 0 Å². The SMILES string of the molecule is Cc1ccnc(N(C)C2CCCN(c3ccc(F)cc3C#N)C2)n1. The van der Waals surface area contributed by atoms with E-state index in [4.69, 9.17) is 0 Å². The first-order valence-electron chi connectivity index (χ1n) is 8.05. The van der Waals surface area contributed by atoms with Gasteiger partial charge in [-0.05, 0) is 44.0 Å². The lowest BCUT2D eigenvalue weighted by Crippen LogP contribution is -2.47. The highest BCUT2D eigenvalue weighted by Crippen LogP contribution is 2.27. The number of anilines is 2. The lowest BCUT2D eigenvalue weighted by Gasteiger charge is -2.39. The Balaban J connectivity index is 1.81. The Morgan fingerprint density at radius 2 is 2.21 bits per heavy atom. The van der Waals surface area contributed by atoms with Crippen molar-refractivity contribution in [1.29, 1.82) is 5.26 Å². The predicted octanol–water partition coefficient (Wildman–Crippen LogP) is 2.90. The normalized spacial score (nSPS) is 17.4. The topological polar surface area (TPSA) is 56.1 Å². The predicted molar refractivity (Wildman–Crippen MR) is 91.5 cm³/mol. The van der Waals surface area contributed by atoms with Crippen molar-refractivity contribution in [1.82, 2.24) is 9.97 Å². The van der Waals surface area contributed by atoms with Crippen LogP contribution in [-0.2, 0) is 0 Å². The number of hydrogen-bond donors (Lipinski definition) is 0. The minimum absolute atomic E-state index is 0.247. The summed E-state index contributed by atoms with van der Waals surface area (Å²) in [4.78, 5) is 13.1. The summed E-state index contributed by atoms with van der Waals surface area (Å²) < 4.78 is 13.4. The molecule has 124 valence electrons. The van der Waals surface area contributed by atoms with Crippen LogP contribution in [0.1, 0.15) is 24.1 Å². The molecule has 2 aromatic rings. The zero-order valence-electron chi connectivity index (χ0n) is 13.9. The number of aryl methyl sites for hydroxylation is 1. The van der Waals surface area contributed by atoms with Gasteiger partial charge in [0.2, 0.25) is 5.95 Å². The molecular formula is C18H20FN5. The Kier molecular flexibility index (Phi) is 4.61. The molecule has 0 aliphatic carbocycles. The third-order valence-electron chi connectivity index (χ3n) is 4.46. The molecule has 2 heterocycles. The van der Waals surface area contributed by atoms with Crippen LogP contribution in [-0.4, -0.2) is 36.1 Å². The molecule has 1 aromatic heterocycles. The number of piperidine rings is 1. The Morgan fingerprint density at radius 1 is 1.38 bits per heavy atom. The number of benzene rings is 1. The van der Waals surface area contributed by atoms with Crippen molar-refractivity contribution in [2.24, 2.45) is 0 Å². The molecule has 1 fully saturated rings. The fourth-order valence-corrected chi connectivity index (χ4v) is 3.13. The third-order valence-corrected chi connectivity index (χ3v) is 4.46. The molecule has 0 N–H and O–H groups in total. The van der Waals surface area contributed by atoms with E-state index < -0.39 is 0 Å². The highest BCUT2D eigenvalue weighted by Gasteiger charge is 2.26. The molecule has 3 rings (SSSR count). The summed E-state index contributed by atoms with van der Waals surface area (Å²) >= 11 is 0. The molecule has 0 spiro atoms. The van der Waals surface area contributed by atoms with Crippen molar-refractivity contribution < 1.29 is 4.39 Å². The molecule has 24 heavy (non-hydrogen) atoms. The van der Waals surface area contributed by atoms with Gasteiger partial charge < -0.3 is 9.80 Å². The van der Waals surface area contributed by atoms with E-state index in [1.165, 1.54) is 12.1 Å². The number of halogens is 1. The molecule has 0 bridgehead atoms. The molecule has 5 nitrogen and oxygen atoms in total. The second kappa shape index (κ2) is 6.83. The largest absolute Gasteiger partial charge is 0.368 e. The third kappa shape index (κ3) is 3.30. The van der Waals surface area contributed by atoms with Gasteiger partial charge in [-0.15, -0.1) is 0 Å². The van der Waals surface area contributed by atoms with Gasteiger partial charge in [-0.1, -0.05) is 0 Å². The van der Waals surface area contributed by atoms with Gasteiger partial charge >= 0.3 is 0 Å². The maximum Gasteiger partial charge on any atom is 0.225 e. The summed E-state index contributed by atoms with van der Waals surface area (Å²) in [6.45, 7) is 3.57. The minimum atomic E-state index is -0.380. The van der Waals surface area contributed by atoms with E-state index in [9.17, 15) is 9.65 Å². The summed E-state index contributed by atoms with van der Waals surface area (Å²) in [5.41, 5.74) is 2.11. The standard InChI is InChI=1S/C18H20FN5/c1-13-7-8-21-18(22-13)23(2)16-4-3-9-24(12-16)17-6-5-15(19)10-14(17)11-20/h5-8,10,16H,3-4,9,12H2,1-2H3.